The maximum Gasteiger partial charge on any atom is 0.252 e. The van der Waals surface area contributed by atoms with E-state index in [1.807, 2.05) is 18.2 Å². The third-order valence-corrected chi connectivity index (χ3v) is 3.85. The van der Waals surface area contributed by atoms with Gasteiger partial charge in [0.2, 0.25) is 0 Å². The van der Waals surface area contributed by atoms with Gasteiger partial charge in [0, 0.05) is 21.1 Å². The maximum atomic E-state index is 12.0. The topological polar surface area (TPSA) is 29.1 Å². The summed E-state index contributed by atoms with van der Waals surface area (Å²) in [6.07, 6.45) is 0. The van der Waals surface area contributed by atoms with Crippen molar-refractivity contribution in [1.82, 2.24) is 5.32 Å². The molecule has 2 nitrogen and oxygen atoms in total. The van der Waals surface area contributed by atoms with E-state index in [-0.39, 0.29) is 5.91 Å². The molecular weight excluding hydrogens is 349 g/mol. The van der Waals surface area contributed by atoms with Gasteiger partial charge in [0.25, 0.3) is 5.91 Å². The fourth-order valence-electron chi connectivity index (χ4n) is 1.58. The first-order valence-corrected chi connectivity index (χ1v) is 7.09. The second-order valence-electron chi connectivity index (χ2n) is 3.90. The number of nitrogens with one attached hydrogen (secondary N) is 1. The van der Waals surface area contributed by atoms with Crippen molar-refractivity contribution in [2.45, 2.75) is 6.54 Å². The molecule has 1 N–H and O–H groups in total. The van der Waals surface area contributed by atoms with Gasteiger partial charge in [0.15, 0.2) is 0 Å². The van der Waals surface area contributed by atoms with Crippen LogP contribution in [0.2, 0.25) is 10.0 Å². The summed E-state index contributed by atoms with van der Waals surface area (Å²) in [7, 11) is 0. The van der Waals surface area contributed by atoms with Crippen molar-refractivity contribution in [3.63, 3.8) is 0 Å². The van der Waals surface area contributed by atoms with Crippen molar-refractivity contribution >= 4 is 45.0 Å². The summed E-state index contributed by atoms with van der Waals surface area (Å²) >= 11 is 15.2. The van der Waals surface area contributed by atoms with Crippen molar-refractivity contribution in [2.75, 3.05) is 0 Å². The van der Waals surface area contributed by atoms with E-state index in [2.05, 4.69) is 21.2 Å². The summed E-state index contributed by atoms with van der Waals surface area (Å²) in [6, 6.07) is 12.4. The second kappa shape index (κ2) is 6.42. The minimum Gasteiger partial charge on any atom is -0.348 e. The minimum absolute atomic E-state index is 0.154. The van der Waals surface area contributed by atoms with Crippen LogP contribution in [0, 0.1) is 0 Å². The first-order chi connectivity index (χ1) is 9.08. The number of halogens is 3. The standard InChI is InChI=1S/C14H10BrCl2NO/c15-12-4-2-1-3-11(12)14(19)18-8-9-5-6-10(16)7-13(9)17/h1-7H,8H2,(H,18,19). The van der Waals surface area contributed by atoms with Crippen molar-refractivity contribution in [1.29, 1.82) is 0 Å². The number of rotatable bonds is 3. The number of carbonyl (C=O) groups excluding carboxylic acids is 1. The van der Waals surface area contributed by atoms with Gasteiger partial charge in [-0.3, -0.25) is 4.79 Å². The Bertz CT molecular complexity index is 616. The Kier molecular flexibility index (Phi) is 4.86. The second-order valence-corrected chi connectivity index (χ2v) is 5.60. The van der Waals surface area contributed by atoms with E-state index in [1.54, 1.807) is 24.3 Å². The molecule has 0 saturated heterocycles. The van der Waals surface area contributed by atoms with Gasteiger partial charge in [0.05, 0.1) is 5.56 Å². The van der Waals surface area contributed by atoms with E-state index in [1.165, 1.54) is 0 Å². The van der Waals surface area contributed by atoms with Crippen LogP contribution in [0.25, 0.3) is 0 Å². The largest absolute Gasteiger partial charge is 0.348 e. The zero-order chi connectivity index (χ0) is 13.8. The summed E-state index contributed by atoms with van der Waals surface area (Å²) in [4.78, 5) is 12.0. The van der Waals surface area contributed by atoms with Crippen LogP contribution < -0.4 is 5.32 Å². The zero-order valence-corrected chi connectivity index (χ0v) is 12.9. The van der Waals surface area contributed by atoms with Gasteiger partial charge >= 0.3 is 0 Å². The first-order valence-electron chi connectivity index (χ1n) is 5.54. The van der Waals surface area contributed by atoms with E-state index < -0.39 is 0 Å². The van der Waals surface area contributed by atoms with Gasteiger partial charge in [-0.2, -0.15) is 0 Å². The molecule has 0 aromatic heterocycles. The van der Waals surface area contributed by atoms with E-state index >= 15 is 0 Å². The number of hydrogen-bond donors (Lipinski definition) is 1. The third-order valence-electron chi connectivity index (χ3n) is 2.57. The molecule has 0 radical (unpaired) electrons. The summed E-state index contributed by atoms with van der Waals surface area (Å²) in [6.45, 7) is 0.357. The Morgan fingerprint density at radius 1 is 1.16 bits per heavy atom. The highest BCUT2D eigenvalue weighted by atomic mass is 79.9. The van der Waals surface area contributed by atoms with Gasteiger partial charge in [-0.05, 0) is 45.8 Å². The van der Waals surface area contributed by atoms with Crippen LogP contribution in [0.1, 0.15) is 15.9 Å². The smallest absolute Gasteiger partial charge is 0.252 e. The average molecular weight is 359 g/mol. The van der Waals surface area contributed by atoms with Gasteiger partial charge in [-0.15, -0.1) is 0 Å². The molecule has 0 aliphatic rings. The summed E-state index contributed by atoms with van der Waals surface area (Å²) < 4.78 is 0.759. The van der Waals surface area contributed by atoms with Crippen molar-refractivity contribution < 1.29 is 4.79 Å². The molecule has 0 fully saturated rings. The van der Waals surface area contributed by atoms with Crippen molar-refractivity contribution in [2.24, 2.45) is 0 Å². The highest BCUT2D eigenvalue weighted by Crippen LogP contribution is 2.21. The van der Waals surface area contributed by atoms with E-state index in [9.17, 15) is 4.79 Å². The Labute approximate surface area is 129 Å². The van der Waals surface area contributed by atoms with Crippen LogP contribution in [0.4, 0.5) is 0 Å². The lowest BCUT2D eigenvalue weighted by Crippen LogP contribution is -2.23. The highest BCUT2D eigenvalue weighted by molar-refractivity contribution is 9.10. The molecule has 0 saturated carbocycles. The number of amides is 1. The molecule has 0 unspecified atom stereocenters. The molecule has 19 heavy (non-hydrogen) atoms. The number of benzene rings is 2. The first kappa shape index (κ1) is 14.4. The summed E-state index contributed by atoms with van der Waals surface area (Å²) in [5.74, 6) is -0.154. The number of carbonyl (C=O) groups is 1. The molecule has 98 valence electrons. The third kappa shape index (κ3) is 3.72. The van der Waals surface area contributed by atoms with E-state index in [4.69, 9.17) is 23.2 Å². The molecule has 2 aromatic rings. The monoisotopic (exact) mass is 357 g/mol. The highest BCUT2D eigenvalue weighted by Gasteiger charge is 2.09. The molecule has 2 aromatic carbocycles. The van der Waals surface area contributed by atoms with Gasteiger partial charge in [-0.1, -0.05) is 41.4 Å². The Hall–Kier alpha value is -1.03. The normalized spacial score (nSPS) is 10.3. The van der Waals surface area contributed by atoms with E-state index in [0.717, 1.165) is 10.0 Å². The van der Waals surface area contributed by atoms with Gasteiger partial charge < -0.3 is 5.32 Å². The van der Waals surface area contributed by atoms with Crippen molar-refractivity contribution in [3.8, 4) is 0 Å². The van der Waals surface area contributed by atoms with Crippen molar-refractivity contribution in [3.05, 3.63) is 68.1 Å². The number of hydrogen-bond acceptors (Lipinski definition) is 1. The lowest BCUT2D eigenvalue weighted by Gasteiger charge is -2.08. The Balaban J connectivity index is 2.07. The maximum absolute atomic E-state index is 12.0. The van der Waals surface area contributed by atoms with Crippen LogP contribution in [-0.2, 0) is 6.54 Å². The molecule has 5 heteroatoms. The van der Waals surface area contributed by atoms with E-state index in [0.29, 0.717) is 22.2 Å². The molecule has 0 heterocycles. The Morgan fingerprint density at radius 2 is 1.89 bits per heavy atom. The minimum atomic E-state index is -0.154. The molecule has 1 amide bonds. The molecular formula is C14H10BrCl2NO. The lowest BCUT2D eigenvalue weighted by atomic mass is 10.2. The lowest BCUT2D eigenvalue weighted by molar-refractivity contribution is 0.0950. The molecule has 0 bridgehead atoms. The predicted molar refractivity (Wildman–Crippen MR) is 81.8 cm³/mol. The van der Waals surface area contributed by atoms with Crippen LogP contribution in [-0.4, -0.2) is 5.91 Å². The SMILES string of the molecule is O=C(NCc1ccc(Cl)cc1Cl)c1ccccc1Br. The van der Waals surface area contributed by atoms with Crippen LogP contribution >= 0.6 is 39.1 Å². The Morgan fingerprint density at radius 3 is 2.58 bits per heavy atom. The molecule has 0 spiro atoms. The summed E-state index contributed by atoms with van der Waals surface area (Å²) in [5, 5.41) is 3.94. The predicted octanol–water partition coefficient (Wildman–Crippen LogP) is 4.69. The molecule has 0 aliphatic carbocycles. The zero-order valence-electron chi connectivity index (χ0n) is 9.79. The van der Waals surface area contributed by atoms with Gasteiger partial charge in [0.1, 0.15) is 0 Å². The molecule has 0 aliphatic heterocycles. The van der Waals surface area contributed by atoms with Crippen LogP contribution in [0.15, 0.2) is 46.9 Å². The van der Waals surface area contributed by atoms with Gasteiger partial charge in [-0.25, -0.2) is 0 Å². The van der Waals surface area contributed by atoms with Crippen LogP contribution in [0.3, 0.4) is 0 Å². The van der Waals surface area contributed by atoms with Crippen LogP contribution in [0.5, 0.6) is 0 Å². The fraction of sp³-hybridized carbons (Fsp3) is 0.0714. The summed E-state index contributed by atoms with van der Waals surface area (Å²) in [5.41, 5.74) is 1.42. The molecule has 0 atom stereocenters. The fourth-order valence-corrected chi connectivity index (χ4v) is 2.52. The molecule has 2 rings (SSSR count). The average Bonchev–Trinajstić information content (AvgIpc) is 2.38. The quantitative estimate of drug-likeness (QED) is 0.847.